The lowest BCUT2D eigenvalue weighted by atomic mass is 10.0. The first-order valence-electron chi connectivity index (χ1n) is 10.1. The Hall–Kier alpha value is -4.00. The number of aromatic hydroxyl groups is 1. The van der Waals surface area contributed by atoms with Crippen molar-refractivity contribution in [2.75, 3.05) is 13.2 Å². The molecule has 0 saturated carbocycles. The van der Waals surface area contributed by atoms with Crippen LogP contribution < -0.4 is 0 Å². The fraction of sp³-hybridized carbons (Fsp3) is 0.167. The van der Waals surface area contributed by atoms with Crippen molar-refractivity contribution in [1.29, 1.82) is 0 Å². The second-order valence-corrected chi connectivity index (χ2v) is 7.28. The summed E-state index contributed by atoms with van der Waals surface area (Å²) < 4.78 is 10.2. The van der Waals surface area contributed by atoms with Gasteiger partial charge >= 0.3 is 11.9 Å². The van der Waals surface area contributed by atoms with E-state index >= 15 is 0 Å². The van der Waals surface area contributed by atoms with Crippen molar-refractivity contribution in [1.82, 2.24) is 9.97 Å². The van der Waals surface area contributed by atoms with Crippen LogP contribution in [0.15, 0.2) is 42.5 Å². The first-order chi connectivity index (χ1) is 15.0. The number of ether oxygens (including phenoxy) is 2. The van der Waals surface area contributed by atoms with Crippen molar-refractivity contribution in [3.63, 3.8) is 0 Å². The van der Waals surface area contributed by atoms with Crippen LogP contribution >= 0.6 is 0 Å². The normalized spacial score (nSPS) is 11.5. The molecule has 0 spiro atoms. The number of hydrogen-bond acceptors (Lipinski definition) is 5. The summed E-state index contributed by atoms with van der Waals surface area (Å²) in [7, 11) is 0. The van der Waals surface area contributed by atoms with Gasteiger partial charge in [0.25, 0.3) is 0 Å². The number of esters is 2. The van der Waals surface area contributed by atoms with Crippen LogP contribution in [0.1, 0.15) is 34.6 Å². The zero-order chi connectivity index (χ0) is 21.7. The number of benzene rings is 3. The van der Waals surface area contributed by atoms with Crippen molar-refractivity contribution >= 4 is 55.6 Å². The molecule has 5 aromatic rings. The molecule has 0 bridgehead atoms. The standard InChI is InChI=1S/C24H20N2O5/c1-3-30-23(28)12-5-7-18-14(9-12)16-11-17-15-10-13(24(29)31-4-2)6-8-19(15)26-21(17)22(27)20(16)25-18/h5-11,25-27H,3-4H2,1-2H3. The third-order valence-corrected chi connectivity index (χ3v) is 5.46. The van der Waals surface area contributed by atoms with Gasteiger partial charge in [0, 0.05) is 32.6 Å². The van der Waals surface area contributed by atoms with Gasteiger partial charge < -0.3 is 24.5 Å². The van der Waals surface area contributed by atoms with Crippen LogP contribution in [0.4, 0.5) is 0 Å². The summed E-state index contributed by atoms with van der Waals surface area (Å²) in [5.41, 5.74) is 3.61. The van der Waals surface area contributed by atoms with Crippen molar-refractivity contribution < 1.29 is 24.2 Å². The Morgan fingerprint density at radius 1 is 0.742 bits per heavy atom. The van der Waals surface area contributed by atoms with Gasteiger partial charge in [-0.15, -0.1) is 0 Å². The molecule has 7 heteroatoms. The molecule has 0 aliphatic carbocycles. The average Bonchev–Trinajstić information content (AvgIpc) is 3.32. The number of carbonyl (C=O) groups excluding carboxylic acids is 2. The number of H-pyrrole nitrogens is 2. The third-order valence-electron chi connectivity index (χ3n) is 5.46. The van der Waals surface area contributed by atoms with E-state index in [1.54, 1.807) is 50.2 Å². The molecule has 5 rings (SSSR count). The lowest BCUT2D eigenvalue weighted by molar-refractivity contribution is 0.0517. The quantitative estimate of drug-likeness (QED) is 0.357. The van der Waals surface area contributed by atoms with Crippen LogP contribution in [0.2, 0.25) is 0 Å². The van der Waals surface area contributed by atoms with Crippen LogP contribution in [0.5, 0.6) is 5.75 Å². The molecule has 156 valence electrons. The van der Waals surface area contributed by atoms with E-state index in [1.165, 1.54) is 0 Å². The van der Waals surface area contributed by atoms with E-state index in [0.717, 1.165) is 32.6 Å². The van der Waals surface area contributed by atoms with Gasteiger partial charge in [0.1, 0.15) is 0 Å². The number of aromatic nitrogens is 2. The molecular weight excluding hydrogens is 396 g/mol. The van der Waals surface area contributed by atoms with Gasteiger partial charge in [0.05, 0.1) is 35.4 Å². The molecule has 2 heterocycles. The zero-order valence-corrected chi connectivity index (χ0v) is 17.0. The van der Waals surface area contributed by atoms with E-state index in [4.69, 9.17) is 9.47 Å². The second-order valence-electron chi connectivity index (χ2n) is 7.28. The maximum atomic E-state index is 12.2. The van der Waals surface area contributed by atoms with E-state index in [0.29, 0.717) is 35.4 Å². The maximum absolute atomic E-state index is 12.2. The summed E-state index contributed by atoms with van der Waals surface area (Å²) in [6.07, 6.45) is 0. The predicted molar refractivity (Wildman–Crippen MR) is 119 cm³/mol. The van der Waals surface area contributed by atoms with Gasteiger partial charge in [-0.1, -0.05) is 0 Å². The van der Waals surface area contributed by atoms with Crippen molar-refractivity contribution in [2.24, 2.45) is 0 Å². The lowest BCUT2D eigenvalue weighted by Gasteiger charge is -2.02. The minimum atomic E-state index is -0.393. The van der Waals surface area contributed by atoms with Gasteiger partial charge in [-0.05, 0) is 56.3 Å². The summed E-state index contributed by atoms with van der Waals surface area (Å²) in [4.78, 5) is 30.8. The van der Waals surface area contributed by atoms with Crippen molar-refractivity contribution in [3.05, 3.63) is 53.6 Å². The van der Waals surface area contributed by atoms with Gasteiger partial charge in [0.2, 0.25) is 0 Å². The van der Waals surface area contributed by atoms with E-state index < -0.39 is 11.9 Å². The topological polar surface area (TPSA) is 104 Å². The van der Waals surface area contributed by atoms with Crippen molar-refractivity contribution in [3.8, 4) is 5.75 Å². The molecule has 3 N–H and O–H groups in total. The average molecular weight is 416 g/mol. The summed E-state index contributed by atoms with van der Waals surface area (Å²) in [5, 5.41) is 14.1. The van der Waals surface area contributed by atoms with Gasteiger partial charge in [-0.3, -0.25) is 0 Å². The number of phenols is 1. The number of carbonyl (C=O) groups is 2. The molecule has 0 aliphatic rings. The Bertz CT molecular complexity index is 1400. The predicted octanol–water partition coefficient (Wildman–Crippen LogP) is 5.01. The molecule has 0 unspecified atom stereocenters. The largest absolute Gasteiger partial charge is 0.504 e. The SMILES string of the molecule is CCOC(=O)c1ccc2[nH]c3c(O)c4[nH]c5ccc(C(=O)OCC)cc5c4cc3c2c1. The molecule has 0 fully saturated rings. The van der Waals surface area contributed by atoms with E-state index in [-0.39, 0.29) is 5.75 Å². The molecule has 2 aromatic heterocycles. The monoisotopic (exact) mass is 416 g/mol. The molecular formula is C24H20N2O5. The molecule has 0 aliphatic heterocycles. The zero-order valence-electron chi connectivity index (χ0n) is 17.0. The fourth-order valence-electron chi connectivity index (χ4n) is 4.05. The number of aromatic amines is 2. The number of hydrogen-bond donors (Lipinski definition) is 3. The van der Waals surface area contributed by atoms with Crippen LogP contribution in [0.3, 0.4) is 0 Å². The Morgan fingerprint density at radius 2 is 1.19 bits per heavy atom. The van der Waals surface area contributed by atoms with E-state index in [9.17, 15) is 14.7 Å². The Labute approximate surface area is 176 Å². The minimum Gasteiger partial charge on any atom is -0.504 e. The maximum Gasteiger partial charge on any atom is 0.338 e. The number of fused-ring (bicyclic) bond motifs is 6. The van der Waals surface area contributed by atoms with Crippen LogP contribution in [0.25, 0.3) is 43.6 Å². The van der Waals surface area contributed by atoms with E-state index in [1.807, 2.05) is 6.07 Å². The highest BCUT2D eigenvalue weighted by atomic mass is 16.5. The van der Waals surface area contributed by atoms with Crippen molar-refractivity contribution in [2.45, 2.75) is 13.8 Å². The van der Waals surface area contributed by atoms with Crippen LogP contribution in [0, 0.1) is 0 Å². The highest BCUT2D eigenvalue weighted by Gasteiger charge is 2.18. The first kappa shape index (κ1) is 19.0. The highest BCUT2D eigenvalue weighted by molar-refractivity contribution is 6.21. The summed E-state index contributed by atoms with van der Waals surface area (Å²) in [6.45, 7) is 4.12. The second kappa shape index (κ2) is 7.05. The molecule has 0 saturated heterocycles. The summed E-state index contributed by atoms with van der Waals surface area (Å²) >= 11 is 0. The Balaban J connectivity index is 1.78. The fourth-order valence-corrected chi connectivity index (χ4v) is 4.05. The van der Waals surface area contributed by atoms with E-state index in [2.05, 4.69) is 9.97 Å². The smallest absolute Gasteiger partial charge is 0.338 e. The third kappa shape index (κ3) is 2.89. The highest BCUT2D eigenvalue weighted by Crippen LogP contribution is 2.40. The Morgan fingerprint density at radius 3 is 1.61 bits per heavy atom. The Kier molecular flexibility index (Phi) is 4.32. The van der Waals surface area contributed by atoms with Crippen LogP contribution in [-0.4, -0.2) is 40.2 Å². The minimum absolute atomic E-state index is 0.0790. The molecule has 31 heavy (non-hydrogen) atoms. The van der Waals surface area contributed by atoms with Gasteiger partial charge in [-0.2, -0.15) is 0 Å². The van der Waals surface area contributed by atoms with Gasteiger partial charge in [-0.25, -0.2) is 9.59 Å². The number of rotatable bonds is 4. The lowest BCUT2D eigenvalue weighted by Crippen LogP contribution is -2.04. The first-order valence-corrected chi connectivity index (χ1v) is 10.1. The van der Waals surface area contributed by atoms with Gasteiger partial charge in [0.15, 0.2) is 5.75 Å². The van der Waals surface area contributed by atoms with Crippen LogP contribution in [-0.2, 0) is 9.47 Å². The molecule has 3 aromatic carbocycles. The number of nitrogens with one attached hydrogen (secondary N) is 2. The molecule has 0 amide bonds. The molecule has 0 radical (unpaired) electrons. The number of phenolic OH excluding ortho intramolecular Hbond substituents is 1. The molecule has 7 nitrogen and oxygen atoms in total. The molecule has 0 atom stereocenters. The summed E-state index contributed by atoms with van der Waals surface area (Å²) in [6, 6.07) is 12.5. The summed E-state index contributed by atoms with van der Waals surface area (Å²) in [5.74, 6) is -0.708.